The average molecular weight is 300 g/mol. The summed E-state index contributed by atoms with van der Waals surface area (Å²) in [7, 11) is 1.48. The maximum atomic E-state index is 12.4. The van der Waals surface area contributed by atoms with Gasteiger partial charge in [-0.25, -0.2) is 4.79 Å². The van der Waals surface area contributed by atoms with E-state index < -0.39 is 18.0 Å². The highest BCUT2D eigenvalue weighted by atomic mass is 16.6. The summed E-state index contributed by atoms with van der Waals surface area (Å²) < 4.78 is 15.5. The number of ether oxygens (including phenoxy) is 3. The highest BCUT2D eigenvalue weighted by Crippen LogP contribution is 2.28. The van der Waals surface area contributed by atoms with Gasteiger partial charge in [0.25, 0.3) is 0 Å². The number of rotatable bonds is 5. The van der Waals surface area contributed by atoms with Crippen LogP contribution in [0, 0.1) is 0 Å². The number of benzene rings is 2. The molecule has 0 amide bonds. The van der Waals surface area contributed by atoms with Crippen molar-refractivity contribution in [3.63, 3.8) is 0 Å². The predicted octanol–water partition coefficient (Wildman–Crippen LogP) is 2.91. The molecular formula is C17H16O5. The predicted molar refractivity (Wildman–Crippen MR) is 79.6 cm³/mol. The maximum absolute atomic E-state index is 12.4. The van der Waals surface area contributed by atoms with Gasteiger partial charge < -0.3 is 14.2 Å². The number of hydrogen-bond acceptors (Lipinski definition) is 5. The molecule has 0 aliphatic heterocycles. The molecule has 0 aliphatic rings. The number of hydrogen-bond donors (Lipinski definition) is 0. The third-order valence-electron chi connectivity index (χ3n) is 2.88. The molecule has 0 aliphatic carbocycles. The zero-order valence-electron chi connectivity index (χ0n) is 12.3. The van der Waals surface area contributed by atoms with Crippen molar-refractivity contribution in [2.75, 3.05) is 7.11 Å². The SMILES string of the molecule is COc1ccccc1OC(=O)[C@@H](OC(C)=O)c1ccccc1. The quantitative estimate of drug-likeness (QED) is 0.627. The Kier molecular flexibility index (Phi) is 5.14. The van der Waals surface area contributed by atoms with Gasteiger partial charge in [0.15, 0.2) is 11.5 Å². The van der Waals surface area contributed by atoms with Crippen LogP contribution in [0.25, 0.3) is 0 Å². The smallest absolute Gasteiger partial charge is 0.357 e. The standard InChI is InChI=1S/C17H16O5/c1-12(18)21-16(13-8-4-3-5-9-13)17(19)22-15-11-7-6-10-14(15)20-2/h3-11,16H,1-2H3/t16-/m0/s1. The molecule has 114 valence electrons. The fourth-order valence-corrected chi connectivity index (χ4v) is 1.91. The summed E-state index contributed by atoms with van der Waals surface area (Å²) in [5, 5.41) is 0. The van der Waals surface area contributed by atoms with Gasteiger partial charge in [0.1, 0.15) is 0 Å². The second-order valence-corrected chi connectivity index (χ2v) is 4.47. The number of esters is 2. The molecule has 0 N–H and O–H groups in total. The Labute approximate surface area is 128 Å². The van der Waals surface area contributed by atoms with Gasteiger partial charge >= 0.3 is 11.9 Å². The van der Waals surface area contributed by atoms with Crippen molar-refractivity contribution >= 4 is 11.9 Å². The number of methoxy groups -OCH3 is 1. The van der Waals surface area contributed by atoms with Gasteiger partial charge in [0.05, 0.1) is 7.11 Å². The zero-order chi connectivity index (χ0) is 15.9. The molecule has 0 unspecified atom stereocenters. The summed E-state index contributed by atoms with van der Waals surface area (Å²) >= 11 is 0. The second kappa shape index (κ2) is 7.26. The van der Waals surface area contributed by atoms with E-state index in [1.165, 1.54) is 14.0 Å². The summed E-state index contributed by atoms with van der Waals surface area (Å²) in [5.41, 5.74) is 0.539. The summed E-state index contributed by atoms with van der Waals surface area (Å²) in [6.45, 7) is 1.24. The molecule has 1 atom stereocenters. The van der Waals surface area contributed by atoms with E-state index in [0.29, 0.717) is 11.3 Å². The van der Waals surface area contributed by atoms with Crippen LogP contribution in [-0.2, 0) is 14.3 Å². The number of para-hydroxylation sites is 2. The Morgan fingerprint density at radius 1 is 0.909 bits per heavy atom. The fourth-order valence-electron chi connectivity index (χ4n) is 1.91. The molecule has 0 heterocycles. The van der Waals surface area contributed by atoms with Crippen LogP contribution in [0.2, 0.25) is 0 Å². The van der Waals surface area contributed by atoms with E-state index in [4.69, 9.17) is 14.2 Å². The van der Waals surface area contributed by atoms with Gasteiger partial charge in [-0.05, 0) is 12.1 Å². The van der Waals surface area contributed by atoms with Crippen LogP contribution < -0.4 is 9.47 Å². The van der Waals surface area contributed by atoms with Crippen LogP contribution in [0.3, 0.4) is 0 Å². The van der Waals surface area contributed by atoms with E-state index in [2.05, 4.69) is 0 Å². The van der Waals surface area contributed by atoms with Crippen molar-refractivity contribution in [2.24, 2.45) is 0 Å². The summed E-state index contributed by atoms with van der Waals surface area (Å²) in [4.78, 5) is 23.6. The monoisotopic (exact) mass is 300 g/mol. The van der Waals surface area contributed by atoms with Crippen LogP contribution in [0.1, 0.15) is 18.6 Å². The van der Waals surface area contributed by atoms with Crippen LogP contribution in [-0.4, -0.2) is 19.0 Å². The molecule has 0 bridgehead atoms. The fraction of sp³-hybridized carbons (Fsp3) is 0.176. The molecule has 22 heavy (non-hydrogen) atoms. The van der Waals surface area contributed by atoms with Crippen molar-refractivity contribution in [2.45, 2.75) is 13.0 Å². The van der Waals surface area contributed by atoms with Crippen LogP contribution >= 0.6 is 0 Å². The van der Waals surface area contributed by atoms with Crippen LogP contribution in [0.5, 0.6) is 11.5 Å². The van der Waals surface area contributed by atoms with Gasteiger partial charge in [-0.1, -0.05) is 42.5 Å². The average Bonchev–Trinajstić information content (AvgIpc) is 2.53. The lowest BCUT2D eigenvalue weighted by Crippen LogP contribution is -2.23. The lowest BCUT2D eigenvalue weighted by atomic mass is 10.1. The summed E-state index contributed by atoms with van der Waals surface area (Å²) in [6.07, 6.45) is -1.12. The van der Waals surface area contributed by atoms with E-state index in [-0.39, 0.29) is 5.75 Å². The Morgan fingerprint density at radius 2 is 1.50 bits per heavy atom. The highest BCUT2D eigenvalue weighted by Gasteiger charge is 2.26. The van der Waals surface area contributed by atoms with Crippen molar-refractivity contribution in [3.8, 4) is 11.5 Å². The molecule has 0 saturated carbocycles. The van der Waals surface area contributed by atoms with Gasteiger partial charge in [0.2, 0.25) is 6.10 Å². The molecule has 0 saturated heterocycles. The molecule has 2 rings (SSSR count). The molecule has 0 radical (unpaired) electrons. The Bertz CT molecular complexity index is 651. The van der Waals surface area contributed by atoms with E-state index >= 15 is 0 Å². The van der Waals surface area contributed by atoms with Gasteiger partial charge in [-0.15, -0.1) is 0 Å². The third kappa shape index (κ3) is 3.85. The van der Waals surface area contributed by atoms with Crippen molar-refractivity contribution in [3.05, 3.63) is 60.2 Å². The van der Waals surface area contributed by atoms with E-state index in [0.717, 1.165) is 0 Å². The van der Waals surface area contributed by atoms with E-state index in [1.807, 2.05) is 0 Å². The molecular weight excluding hydrogens is 284 g/mol. The third-order valence-corrected chi connectivity index (χ3v) is 2.88. The van der Waals surface area contributed by atoms with E-state index in [9.17, 15) is 9.59 Å². The lowest BCUT2D eigenvalue weighted by molar-refractivity contribution is -0.161. The summed E-state index contributed by atoms with van der Waals surface area (Å²) in [6, 6.07) is 15.4. The van der Waals surface area contributed by atoms with Gasteiger partial charge in [-0.2, -0.15) is 0 Å². The minimum absolute atomic E-state index is 0.267. The largest absolute Gasteiger partial charge is 0.493 e. The molecule has 2 aromatic carbocycles. The van der Waals surface area contributed by atoms with Crippen LogP contribution in [0.15, 0.2) is 54.6 Å². The molecule has 0 spiro atoms. The Balaban J connectivity index is 2.24. The number of carbonyl (C=O) groups excluding carboxylic acids is 2. The van der Waals surface area contributed by atoms with Crippen LogP contribution in [0.4, 0.5) is 0 Å². The Hall–Kier alpha value is -2.82. The first-order chi connectivity index (χ1) is 10.6. The maximum Gasteiger partial charge on any atom is 0.357 e. The van der Waals surface area contributed by atoms with Crippen molar-refractivity contribution in [1.29, 1.82) is 0 Å². The molecule has 0 aromatic heterocycles. The number of carbonyl (C=O) groups is 2. The molecule has 5 heteroatoms. The van der Waals surface area contributed by atoms with Crippen molar-refractivity contribution < 1.29 is 23.8 Å². The molecule has 2 aromatic rings. The molecule has 0 fully saturated rings. The van der Waals surface area contributed by atoms with Gasteiger partial charge in [-0.3, -0.25) is 4.79 Å². The first-order valence-electron chi connectivity index (χ1n) is 6.68. The topological polar surface area (TPSA) is 61.8 Å². The van der Waals surface area contributed by atoms with Gasteiger partial charge in [0, 0.05) is 12.5 Å². The minimum Gasteiger partial charge on any atom is -0.493 e. The highest BCUT2D eigenvalue weighted by molar-refractivity contribution is 5.82. The first-order valence-corrected chi connectivity index (χ1v) is 6.68. The van der Waals surface area contributed by atoms with E-state index in [1.54, 1.807) is 54.6 Å². The first kappa shape index (κ1) is 15.6. The zero-order valence-corrected chi connectivity index (χ0v) is 12.3. The Morgan fingerprint density at radius 3 is 2.09 bits per heavy atom. The minimum atomic E-state index is -1.12. The second-order valence-electron chi connectivity index (χ2n) is 4.47. The summed E-state index contributed by atoms with van der Waals surface area (Å²) in [5.74, 6) is -0.565. The normalized spacial score (nSPS) is 11.4. The van der Waals surface area contributed by atoms with Crippen molar-refractivity contribution in [1.82, 2.24) is 0 Å². The molecule has 5 nitrogen and oxygen atoms in total. The lowest BCUT2D eigenvalue weighted by Gasteiger charge is -2.17.